The van der Waals surface area contributed by atoms with Gasteiger partial charge in [-0.1, -0.05) is 34.2 Å². The summed E-state index contributed by atoms with van der Waals surface area (Å²) in [6.07, 6.45) is 0.547. The Bertz CT molecular complexity index is 573. The van der Waals surface area contributed by atoms with Gasteiger partial charge in [-0.2, -0.15) is 0 Å². The van der Waals surface area contributed by atoms with Gasteiger partial charge < -0.3 is 14.4 Å². The summed E-state index contributed by atoms with van der Waals surface area (Å²) in [5.74, 6) is 0.743. The van der Waals surface area contributed by atoms with Crippen molar-refractivity contribution >= 4 is 42.8 Å². The average molecular weight is 473 g/mol. The normalized spacial score (nSPS) is 30.8. The van der Waals surface area contributed by atoms with Crippen LogP contribution in [0.2, 0.25) is 5.02 Å². The van der Waals surface area contributed by atoms with Crippen molar-refractivity contribution in [2.45, 2.75) is 55.2 Å². The molecule has 0 aromatic heterocycles. The van der Waals surface area contributed by atoms with Crippen molar-refractivity contribution in [2.24, 2.45) is 0 Å². The van der Waals surface area contributed by atoms with Crippen molar-refractivity contribution in [3.63, 3.8) is 0 Å². The molecule has 0 aliphatic carbocycles. The fourth-order valence-corrected chi connectivity index (χ4v) is 4.91. The molecule has 23 heavy (non-hydrogen) atoms. The first-order chi connectivity index (χ1) is 10.8. The van der Waals surface area contributed by atoms with E-state index in [4.69, 9.17) is 29.9 Å². The van der Waals surface area contributed by atoms with Crippen LogP contribution in [0.3, 0.4) is 0 Å². The highest BCUT2D eigenvalue weighted by molar-refractivity contribution is 14.1. The van der Waals surface area contributed by atoms with Crippen LogP contribution in [0.5, 0.6) is 5.75 Å². The van der Waals surface area contributed by atoms with E-state index in [0.29, 0.717) is 24.5 Å². The highest BCUT2D eigenvalue weighted by Crippen LogP contribution is 2.51. The van der Waals surface area contributed by atoms with Crippen molar-refractivity contribution in [1.29, 1.82) is 0 Å². The molecule has 2 aliphatic rings. The molecule has 8 heteroatoms. The van der Waals surface area contributed by atoms with E-state index in [-0.39, 0.29) is 10.2 Å². The maximum Gasteiger partial charge on any atom is 0.398 e. The summed E-state index contributed by atoms with van der Waals surface area (Å²) in [4.78, 5) is 0. The molecule has 3 rings (SSSR count). The summed E-state index contributed by atoms with van der Waals surface area (Å²) in [5, 5.41) is 10.7. The third kappa shape index (κ3) is 4.69. The molecule has 5 nitrogen and oxygen atoms in total. The van der Waals surface area contributed by atoms with E-state index >= 15 is 0 Å². The van der Waals surface area contributed by atoms with Gasteiger partial charge in [-0.15, -0.1) is 0 Å². The molecule has 0 amide bonds. The minimum atomic E-state index is -1.48. The predicted molar refractivity (Wildman–Crippen MR) is 96.9 cm³/mol. The number of alkyl halides is 1. The SMILES string of the molecule is CC(C)(CC1OC(I)C[C@H]1O)OP1OCc2cc(Cl)ccc2O1. The quantitative estimate of drug-likeness (QED) is 0.395. The molecule has 128 valence electrons. The number of rotatable bonds is 4. The Balaban J connectivity index is 1.59. The number of ether oxygens (including phenoxy) is 1. The Kier molecular flexibility index (Phi) is 5.73. The van der Waals surface area contributed by atoms with E-state index in [2.05, 4.69) is 22.6 Å². The van der Waals surface area contributed by atoms with Gasteiger partial charge in [0.2, 0.25) is 0 Å². The number of fused-ring (bicyclic) bond motifs is 1. The highest BCUT2D eigenvalue weighted by Gasteiger charge is 2.39. The van der Waals surface area contributed by atoms with Gasteiger partial charge in [0.05, 0.1) is 24.4 Å². The lowest BCUT2D eigenvalue weighted by Crippen LogP contribution is -2.34. The number of aliphatic hydroxyl groups is 1. The van der Waals surface area contributed by atoms with Gasteiger partial charge in [-0.3, -0.25) is 9.05 Å². The van der Waals surface area contributed by atoms with E-state index in [0.717, 1.165) is 11.3 Å². The Morgan fingerprint density at radius 3 is 2.96 bits per heavy atom. The lowest BCUT2D eigenvalue weighted by Gasteiger charge is -2.33. The number of benzene rings is 1. The van der Waals surface area contributed by atoms with Gasteiger partial charge in [0.1, 0.15) is 9.86 Å². The molecule has 0 spiro atoms. The summed E-state index contributed by atoms with van der Waals surface area (Å²) in [6.45, 7) is 4.32. The molecule has 2 aliphatic heterocycles. The fraction of sp³-hybridized carbons (Fsp3) is 0.600. The molecule has 2 heterocycles. The maximum absolute atomic E-state index is 10.0. The van der Waals surface area contributed by atoms with Crippen LogP contribution >= 0.6 is 42.8 Å². The highest BCUT2D eigenvalue weighted by atomic mass is 127. The number of hydrogen-bond acceptors (Lipinski definition) is 5. The van der Waals surface area contributed by atoms with Crippen LogP contribution in [0.15, 0.2) is 18.2 Å². The van der Waals surface area contributed by atoms with Crippen LogP contribution in [0.1, 0.15) is 32.3 Å². The molecular formula is C15H19ClIO5P. The number of aliphatic hydroxyl groups excluding tert-OH is 1. The zero-order valence-corrected chi connectivity index (χ0v) is 16.7. The molecule has 0 radical (unpaired) electrons. The maximum atomic E-state index is 10.0. The Labute approximate surface area is 155 Å². The summed E-state index contributed by atoms with van der Waals surface area (Å²) >= 11 is 8.16. The van der Waals surface area contributed by atoms with Gasteiger partial charge in [0, 0.05) is 23.4 Å². The summed E-state index contributed by atoms with van der Waals surface area (Å²) in [5.41, 5.74) is 0.391. The Morgan fingerprint density at radius 2 is 2.26 bits per heavy atom. The minimum Gasteiger partial charge on any atom is -0.426 e. The number of halogens is 2. The first-order valence-corrected chi connectivity index (χ1v) is 10.1. The molecule has 0 saturated carbocycles. The van der Waals surface area contributed by atoms with Crippen LogP contribution in [0.4, 0.5) is 0 Å². The topological polar surface area (TPSA) is 57.2 Å². The van der Waals surface area contributed by atoms with Gasteiger partial charge in [0.25, 0.3) is 0 Å². The largest absolute Gasteiger partial charge is 0.426 e. The van der Waals surface area contributed by atoms with Crippen molar-refractivity contribution in [3.8, 4) is 5.75 Å². The van der Waals surface area contributed by atoms with E-state index in [1.807, 2.05) is 26.0 Å². The molecule has 4 atom stereocenters. The molecule has 3 unspecified atom stereocenters. The second kappa shape index (κ2) is 7.28. The zero-order chi connectivity index (χ0) is 16.6. The molecule has 1 aromatic carbocycles. The Hall–Kier alpha value is 0.310. The Morgan fingerprint density at radius 1 is 1.48 bits per heavy atom. The van der Waals surface area contributed by atoms with Crippen LogP contribution in [0, 0.1) is 0 Å². The number of hydrogen-bond donors (Lipinski definition) is 1. The third-order valence-corrected chi connectivity index (χ3v) is 6.08. The predicted octanol–water partition coefficient (Wildman–Crippen LogP) is 4.57. The molecule has 0 bridgehead atoms. The summed E-state index contributed by atoms with van der Waals surface area (Å²) in [7, 11) is -1.48. The first kappa shape index (κ1) is 18.1. The standard InChI is InChI=1S/C15H19ClIO5P/c1-15(2,7-13-11(18)6-14(17)20-13)22-23-19-8-9-5-10(16)3-4-12(9)21-23/h3-5,11,13-14,18H,6-8H2,1-2H3/t11-,13?,14?,23?/m1/s1. The summed E-state index contributed by atoms with van der Waals surface area (Å²) in [6, 6.07) is 5.45. The monoisotopic (exact) mass is 472 g/mol. The van der Waals surface area contributed by atoms with Gasteiger partial charge >= 0.3 is 8.60 Å². The van der Waals surface area contributed by atoms with E-state index < -0.39 is 20.3 Å². The van der Waals surface area contributed by atoms with Crippen molar-refractivity contribution in [2.75, 3.05) is 0 Å². The lowest BCUT2D eigenvalue weighted by molar-refractivity contribution is -0.0253. The molecule has 1 fully saturated rings. The van der Waals surface area contributed by atoms with Crippen molar-refractivity contribution in [3.05, 3.63) is 28.8 Å². The van der Waals surface area contributed by atoms with E-state index in [1.165, 1.54) is 0 Å². The van der Waals surface area contributed by atoms with Crippen molar-refractivity contribution in [1.82, 2.24) is 0 Å². The van der Waals surface area contributed by atoms with Crippen molar-refractivity contribution < 1.29 is 23.4 Å². The van der Waals surface area contributed by atoms with Gasteiger partial charge in [-0.25, -0.2) is 0 Å². The molecular weight excluding hydrogens is 453 g/mol. The average Bonchev–Trinajstić information content (AvgIpc) is 2.76. The van der Waals surface area contributed by atoms with E-state index in [1.54, 1.807) is 6.07 Å². The lowest BCUT2D eigenvalue weighted by atomic mass is 9.98. The van der Waals surface area contributed by atoms with E-state index in [9.17, 15) is 5.11 Å². The summed E-state index contributed by atoms with van der Waals surface area (Å²) < 4.78 is 23.2. The fourth-order valence-electron chi connectivity index (χ4n) is 2.61. The molecule has 1 N–H and O–H groups in total. The third-order valence-electron chi connectivity index (χ3n) is 3.71. The second-order valence-corrected chi connectivity index (χ2v) is 9.18. The van der Waals surface area contributed by atoms with Gasteiger partial charge in [0.15, 0.2) is 0 Å². The molecule has 1 aromatic rings. The smallest absolute Gasteiger partial charge is 0.398 e. The van der Waals surface area contributed by atoms with Crippen LogP contribution < -0.4 is 4.52 Å². The van der Waals surface area contributed by atoms with Gasteiger partial charge in [-0.05, 0) is 32.0 Å². The van der Waals surface area contributed by atoms with Crippen LogP contribution in [0.25, 0.3) is 0 Å². The minimum absolute atomic E-state index is 0.0490. The zero-order valence-electron chi connectivity index (χ0n) is 12.9. The first-order valence-electron chi connectivity index (χ1n) is 7.38. The van der Waals surface area contributed by atoms with Crippen LogP contribution in [-0.2, 0) is 20.4 Å². The van der Waals surface area contributed by atoms with Crippen LogP contribution in [-0.4, -0.2) is 27.0 Å². The second-order valence-electron chi connectivity index (χ2n) is 6.28. The molecule has 1 saturated heterocycles.